The first kappa shape index (κ1) is 25.1. The third-order valence-corrected chi connectivity index (χ3v) is 5.86. The van der Waals surface area contributed by atoms with E-state index < -0.39 is 10.0 Å². The van der Waals surface area contributed by atoms with Crippen molar-refractivity contribution >= 4 is 40.0 Å². The summed E-state index contributed by atoms with van der Waals surface area (Å²) in [7, 11) is 0.260. The molecule has 2 N–H and O–H groups in total. The Morgan fingerprint density at radius 1 is 1.12 bits per heavy atom. The topological polar surface area (TPSA) is 73.8 Å². The highest BCUT2D eigenvalue weighted by Gasteiger charge is 2.13. The molecule has 0 saturated heterocycles. The van der Waals surface area contributed by atoms with Crippen LogP contribution in [0.15, 0.2) is 23.2 Å². The minimum atomic E-state index is -3.10. The van der Waals surface area contributed by atoms with Crippen LogP contribution < -0.4 is 10.6 Å². The van der Waals surface area contributed by atoms with Gasteiger partial charge in [-0.1, -0.05) is 29.3 Å². The lowest BCUT2D eigenvalue weighted by molar-refractivity contribution is 0.461. The molecule has 0 aliphatic heterocycles. The molecule has 0 aliphatic carbocycles. The molecule has 1 aromatic rings. The molecule has 0 fully saturated rings. The Labute approximate surface area is 175 Å². The maximum Gasteiger partial charge on any atom is 0.213 e. The van der Waals surface area contributed by atoms with Crippen molar-refractivity contribution in [1.82, 2.24) is 14.9 Å². The number of sulfonamides is 1. The van der Waals surface area contributed by atoms with Crippen molar-refractivity contribution in [3.05, 3.63) is 34.9 Å². The van der Waals surface area contributed by atoms with Crippen LogP contribution in [0.1, 0.15) is 30.0 Å². The van der Waals surface area contributed by atoms with E-state index in [-0.39, 0.29) is 29.7 Å². The Balaban J connectivity index is 0.00000625. The van der Waals surface area contributed by atoms with Crippen molar-refractivity contribution < 1.29 is 8.42 Å². The number of hydrogen-bond donors (Lipinski definition) is 2. The summed E-state index contributed by atoms with van der Waals surface area (Å²) in [5.41, 5.74) is 3.87. The van der Waals surface area contributed by atoms with Crippen molar-refractivity contribution in [2.24, 2.45) is 4.99 Å². The van der Waals surface area contributed by atoms with Crippen molar-refractivity contribution in [1.29, 1.82) is 0 Å². The summed E-state index contributed by atoms with van der Waals surface area (Å²) in [5.74, 6) is 0.879. The average Bonchev–Trinajstić information content (AvgIpc) is 2.55. The lowest BCUT2D eigenvalue weighted by atomic mass is 10.1. The fraction of sp³-hybridized carbons (Fsp3) is 0.611. The second-order valence-electron chi connectivity index (χ2n) is 6.25. The van der Waals surface area contributed by atoms with Crippen LogP contribution >= 0.6 is 24.0 Å². The summed E-state index contributed by atoms with van der Waals surface area (Å²) in [4.78, 5) is 4.20. The Kier molecular flexibility index (Phi) is 12.1. The summed E-state index contributed by atoms with van der Waals surface area (Å²) in [6, 6.07) is 6.58. The van der Waals surface area contributed by atoms with Crippen molar-refractivity contribution in [2.45, 2.75) is 33.6 Å². The third-order valence-electron chi connectivity index (χ3n) is 3.99. The van der Waals surface area contributed by atoms with Crippen LogP contribution in [0.4, 0.5) is 0 Å². The quantitative estimate of drug-likeness (QED) is 0.238. The molecule has 0 bridgehead atoms. The molecule has 0 unspecified atom stereocenters. The molecule has 150 valence electrons. The zero-order valence-electron chi connectivity index (χ0n) is 16.5. The molecule has 0 heterocycles. The van der Waals surface area contributed by atoms with Gasteiger partial charge in [0, 0.05) is 33.7 Å². The predicted molar refractivity (Wildman–Crippen MR) is 121 cm³/mol. The molecule has 0 aromatic heterocycles. The first-order valence-corrected chi connectivity index (χ1v) is 10.3. The number of aliphatic imine (C=N–C) groups is 1. The largest absolute Gasteiger partial charge is 0.356 e. The van der Waals surface area contributed by atoms with Gasteiger partial charge >= 0.3 is 0 Å². The van der Waals surface area contributed by atoms with Crippen LogP contribution in [0.2, 0.25) is 0 Å². The molecule has 0 spiro atoms. The van der Waals surface area contributed by atoms with E-state index in [1.165, 1.54) is 21.0 Å². The zero-order valence-corrected chi connectivity index (χ0v) is 19.6. The number of nitrogens with one attached hydrogen (secondary N) is 2. The number of benzene rings is 1. The second kappa shape index (κ2) is 12.5. The van der Waals surface area contributed by atoms with Crippen molar-refractivity contribution in [3.63, 3.8) is 0 Å². The maximum absolute atomic E-state index is 11.7. The van der Waals surface area contributed by atoms with E-state index in [2.05, 4.69) is 47.7 Å². The zero-order chi connectivity index (χ0) is 18.9. The van der Waals surface area contributed by atoms with E-state index in [1.807, 2.05) is 0 Å². The lowest BCUT2D eigenvalue weighted by Gasteiger charge is -2.17. The van der Waals surface area contributed by atoms with Gasteiger partial charge in [0.2, 0.25) is 10.0 Å². The fourth-order valence-corrected chi connectivity index (χ4v) is 3.48. The van der Waals surface area contributed by atoms with E-state index in [4.69, 9.17) is 0 Å². The van der Waals surface area contributed by atoms with Gasteiger partial charge in [0.25, 0.3) is 0 Å². The molecule has 0 amide bonds. The predicted octanol–water partition coefficient (Wildman–Crippen LogP) is 2.30. The summed E-state index contributed by atoms with van der Waals surface area (Å²) in [6.45, 7) is 7.86. The molecule has 0 atom stereocenters. The highest BCUT2D eigenvalue weighted by atomic mass is 127. The van der Waals surface area contributed by atoms with E-state index in [9.17, 15) is 8.42 Å². The Morgan fingerprint density at radius 3 is 2.23 bits per heavy atom. The highest BCUT2D eigenvalue weighted by molar-refractivity contribution is 14.0. The van der Waals surface area contributed by atoms with Crippen LogP contribution in [-0.2, 0) is 16.4 Å². The average molecular weight is 496 g/mol. The molecule has 1 rings (SSSR count). The summed E-state index contributed by atoms with van der Waals surface area (Å²) >= 11 is 0. The van der Waals surface area contributed by atoms with Crippen molar-refractivity contribution in [2.75, 3.05) is 39.5 Å². The van der Waals surface area contributed by atoms with Gasteiger partial charge in [-0.15, -0.1) is 24.0 Å². The standard InChI is InChI=1S/C18H32N4O2S.HI/c1-6-25(23,24)22(5)11-7-9-20-18(19-4)21-10-8-17-13-15(2)12-16(3)14-17;/h12-14H,6-11H2,1-5H3,(H2,19,20,21);1H. The SMILES string of the molecule is CCS(=O)(=O)N(C)CCCNC(=NC)NCCc1cc(C)cc(C)c1.I. The summed E-state index contributed by atoms with van der Waals surface area (Å²) in [6.07, 6.45) is 1.66. The van der Waals surface area contributed by atoms with Crippen LogP contribution in [-0.4, -0.2) is 58.2 Å². The Bertz CT molecular complexity index is 658. The van der Waals surface area contributed by atoms with Gasteiger partial charge in [-0.25, -0.2) is 12.7 Å². The van der Waals surface area contributed by atoms with Gasteiger partial charge < -0.3 is 10.6 Å². The summed E-state index contributed by atoms with van der Waals surface area (Å²) < 4.78 is 24.8. The third kappa shape index (κ3) is 9.18. The van der Waals surface area contributed by atoms with Crippen LogP contribution in [0, 0.1) is 13.8 Å². The van der Waals surface area contributed by atoms with E-state index in [0.717, 1.165) is 25.3 Å². The lowest BCUT2D eigenvalue weighted by Crippen LogP contribution is -2.39. The molecule has 1 aromatic carbocycles. The molecular formula is C18H33IN4O2S. The van der Waals surface area contributed by atoms with Crippen molar-refractivity contribution in [3.8, 4) is 0 Å². The Morgan fingerprint density at radius 2 is 1.69 bits per heavy atom. The smallest absolute Gasteiger partial charge is 0.213 e. The maximum atomic E-state index is 11.7. The molecule has 0 aliphatic rings. The Hall–Kier alpha value is -0.870. The molecule has 0 radical (unpaired) electrons. The monoisotopic (exact) mass is 496 g/mol. The highest BCUT2D eigenvalue weighted by Crippen LogP contribution is 2.08. The molecule has 8 heteroatoms. The van der Waals surface area contributed by atoms with E-state index in [1.54, 1.807) is 21.0 Å². The fourth-order valence-electron chi connectivity index (χ4n) is 2.63. The summed E-state index contributed by atoms with van der Waals surface area (Å²) in [5, 5.41) is 6.51. The second-order valence-corrected chi connectivity index (χ2v) is 8.61. The minimum Gasteiger partial charge on any atom is -0.356 e. The van der Waals surface area contributed by atoms with Crippen LogP contribution in [0.25, 0.3) is 0 Å². The van der Waals surface area contributed by atoms with Crippen LogP contribution in [0.3, 0.4) is 0 Å². The number of nitrogens with zero attached hydrogens (tertiary/aromatic N) is 2. The minimum absolute atomic E-state index is 0. The number of hydrogen-bond acceptors (Lipinski definition) is 3. The molecule has 0 saturated carbocycles. The normalized spacial score (nSPS) is 12.0. The van der Waals surface area contributed by atoms with Gasteiger partial charge in [-0.05, 0) is 39.2 Å². The van der Waals surface area contributed by atoms with E-state index in [0.29, 0.717) is 13.1 Å². The van der Waals surface area contributed by atoms with Gasteiger partial charge in [-0.2, -0.15) is 0 Å². The number of aryl methyl sites for hydroxylation is 2. The number of halogens is 1. The molecular weight excluding hydrogens is 463 g/mol. The van der Waals surface area contributed by atoms with Gasteiger partial charge in [-0.3, -0.25) is 4.99 Å². The molecule has 6 nitrogen and oxygen atoms in total. The number of guanidine groups is 1. The van der Waals surface area contributed by atoms with Gasteiger partial charge in [0.15, 0.2) is 5.96 Å². The van der Waals surface area contributed by atoms with Gasteiger partial charge in [0.1, 0.15) is 0 Å². The van der Waals surface area contributed by atoms with E-state index >= 15 is 0 Å². The van der Waals surface area contributed by atoms with Gasteiger partial charge in [0.05, 0.1) is 5.75 Å². The van der Waals surface area contributed by atoms with Crippen LogP contribution in [0.5, 0.6) is 0 Å². The first-order chi connectivity index (χ1) is 11.8. The first-order valence-electron chi connectivity index (χ1n) is 8.74. The molecule has 26 heavy (non-hydrogen) atoms. The number of rotatable bonds is 9.